The number of aliphatic hydroxyl groups excluding tert-OH is 1. The predicted octanol–water partition coefficient (Wildman–Crippen LogP) is 3.01. The molecule has 32 heavy (non-hydrogen) atoms. The van der Waals surface area contributed by atoms with Gasteiger partial charge < -0.3 is 15.4 Å². The topological polar surface area (TPSA) is 98.0 Å². The number of fused-ring (bicyclic) bond motifs is 1. The highest BCUT2D eigenvalue weighted by Crippen LogP contribution is 2.42. The summed E-state index contributed by atoms with van der Waals surface area (Å²) >= 11 is 0. The van der Waals surface area contributed by atoms with Crippen molar-refractivity contribution in [2.75, 3.05) is 18.8 Å². The number of likely N-dealkylation sites (tertiary alicyclic amines) is 1. The highest BCUT2D eigenvalue weighted by Gasteiger charge is 2.33. The summed E-state index contributed by atoms with van der Waals surface area (Å²) in [5.74, 6) is 0.700. The Bertz CT molecular complexity index is 1290. The lowest BCUT2D eigenvalue weighted by atomic mass is 9.94. The third-order valence-electron chi connectivity index (χ3n) is 6.37. The maximum Gasteiger partial charge on any atom is 0.146 e. The Hall–Kier alpha value is -3.49. The first-order chi connectivity index (χ1) is 15.5. The number of nitrogens with zero attached hydrogens (tertiary/aromatic N) is 6. The van der Waals surface area contributed by atoms with Crippen molar-refractivity contribution < 1.29 is 5.11 Å². The molecule has 1 aliphatic heterocycles. The first-order valence-electron chi connectivity index (χ1n) is 10.7. The number of rotatable bonds is 5. The predicted molar refractivity (Wildman–Crippen MR) is 125 cm³/mol. The van der Waals surface area contributed by atoms with Gasteiger partial charge in [-0.3, -0.25) is 4.90 Å². The van der Waals surface area contributed by atoms with Crippen LogP contribution in [0.5, 0.6) is 0 Å². The Balaban J connectivity index is 1.63. The summed E-state index contributed by atoms with van der Waals surface area (Å²) in [6.07, 6.45) is 7.22. The van der Waals surface area contributed by atoms with Gasteiger partial charge in [0.05, 0.1) is 17.3 Å². The van der Waals surface area contributed by atoms with E-state index in [1.165, 1.54) is 6.33 Å². The van der Waals surface area contributed by atoms with Gasteiger partial charge in [0.2, 0.25) is 0 Å². The first-order valence-corrected chi connectivity index (χ1v) is 10.7. The molecule has 0 saturated carbocycles. The first kappa shape index (κ1) is 20.4. The van der Waals surface area contributed by atoms with E-state index < -0.39 is 6.23 Å². The molecule has 164 valence electrons. The van der Waals surface area contributed by atoms with E-state index in [1.54, 1.807) is 6.08 Å². The van der Waals surface area contributed by atoms with Crippen LogP contribution in [0.15, 0.2) is 55.6 Å². The van der Waals surface area contributed by atoms with Crippen LogP contribution in [0, 0.1) is 6.92 Å². The van der Waals surface area contributed by atoms with E-state index in [1.807, 2.05) is 35.9 Å². The molecule has 8 nitrogen and oxygen atoms in total. The minimum absolute atomic E-state index is 0.228. The molecule has 1 aliphatic rings. The molecule has 8 heteroatoms. The Kier molecular flexibility index (Phi) is 5.03. The molecule has 4 heterocycles. The molecule has 0 bridgehead atoms. The molecule has 5 rings (SSSR count). The van der Waals surface area contributed by atoms with Gasteiger partial charge in [-0.25, -0.2) is 14.6 Å². The Morgan fingerprint density at radius 2 is 2.03 bits per heavy atom. The van der Waals surface area contributed by atoms with Gasteiger partial charge in [0, 0.05) is 43.5 Å². The summed E-state index contributed by atoms with van der Waals surface area (Å²) in [6.45, 7) is 7.29. The molecule has 0 spiro atoms. The Morgan fingerprint density at radius 1 is 1.25 bits per heavy atom. The Morgan fingerprint density at radius 3 is 2.72 bits per heavy atom. The largest absolute Gasteiger partial charge is 0.383 e. The molecular weight excluding hydrogens is 402 g/mol. The molecule has 4 aromatic rings. The summed E-state index contributed by atoms with van der Waals surface area (Å²) in [5, 5.41) is 15.5. The maximum absolute atomic E-state index is 10.3. The van der Waals surface area contributed by atoms with E-state index >= 15 is 0 Å². The van der Waals surface area contributed by atoms with Crippen LogP contribution in [-0.2, 0) is 7.05 Å². The number of nitrogen functional groups attached to an aromatic ring is 1. The molecule has 3 N–H and O–H groups in total. The average molecular weight is 430 g/mol. The second-order valence-electron chi connectivity index (χ2n) is 8.42. The van der Waals surface area contributed by atoms with E-state index in [4.69, 9.17) is 5.73 Å². The lowest BCUT2D eigenvalue weighted by molar-refractivity contribution is 0.0604. The molecular formula is C24H27N7O. The second kappa shape index (κ2) is 7.89. The van der Waals surface area contributed by atoms with Crippen molar-refractivity contribution >= 4 is 16.9 Å². The van der Waals surface area contributed by atoms with Gasteiger partial charge in [-0.15, -0.1) is 0 Å². The van der Waals surface area contributed by atoms with Crippen LogP contribution in [0.4, 0.5) is 5.82 Å². The van der Waals surface area contributed by atoms with Crippen molar-refractivity contribution in [2.24, 2.45) is 7.05 Å². The smallest absolute Gasteiger partial charge is 0.146 e. The highest BCUT2D eigenvalue weighted by atomic mass is 16.3. The van der Waals surface area contributed by atoms with Crippen molar-refractivity contribution in [3.8, 4) is 16.8 Å². The van der Waals surface area contributed by atoms with Crippen molar-refractivity contribution in [1.82, 2.24) is 29.2 Å². The van der Waals surface area contributed by atoms with Gasteiger partial charge in [-0.2, -0.15) is 5.10 Å². The van der Waals surface area contributed by atoms with Gasteiger partial charge in [0.15, 0.2) is 0 Å². The molecule has 1 saturated heterocycles. The van der Waals surface area contributed by atoms with Crippen LogP contribution in [-0.4, -0.2) is 53.6 Å². The zero-order chi connectivity index (χ0) is 22.4. The zero-order valence-corrected chi connectivity index (χ0v) is 18.3. The standard InChI is InChI=1S/C24H27N7O/c1-4-19(32)30-10-9-17(13-30)22-20(21-23(25)26-14-27-24(21)29(22)3)16-5-7-18(8-6-16)31-12-15(2)11-28-31/h4-8,11-12,14,17,19,32H,1,9-10,13H2,2-3H3,(H2,25,26,27). The van der Waals surface area contributed by atoms with Gasteiger partial charge in [0.25, 0.3) is 0 Å². The summed E-state index contributed by atoms with van der Waals surface area (Å²) in [6, 6.07) is 8.32. The van der Waals surface area contributed by atoms with Crippen LogP contribution in [0.25, 0.3) is 27.8 Å². The van der Waals surface area contributed by atoms with Gasteiger partial charge in [0.1, 0.15) is 24.0 Å². The van der Waals surface area contributed by atoms with Gasteiger partial charge >= 0.3 is 0 Å². The van der Waals surface area contributed by atoms with Crippen LogP contribution in [0.1, 0.15) is 23.6 Å². The number of anilines is 1. The van der Waals surface area contributed by atoms with Crippen molar-refractivity contribution in [2.45, 2.75) is 25.5 Å². The summed E-state index contributed by atoms with van der Waals surface area (Å²) in [5.41, 5.74) is 12.6. The van der Waals surface area contributed by atoms with E-state index in [-0.39, 0.29) is 5.92 Å². The highest BCUT2D eigenvalue weighted by molar-refractivity contribution is 6.02. The number of aryl methyl sites for hydroxylation is 2. The maximum atomic E-state index is 10.3. The molecule has 0 aliphatic carbocycles. The van der Waals surface area contributed by atoms with Crippen LogP contribution < -0.4 is 5.73 Å². The lowest BCUT2D eigenvalue weighted by Gasteiger charge is -2.20. The van der Waals surface area contributed by atoms with Crippen molar-refractivity contribution in [1.29, 1.82) is 0 Å². The monoisotopic (exact) mass is 429 g/mol. The average Bonchev–Trinajstić information content (AvgIpc) is 3.52. The zero-order valence-electron chi connectivity index (χ0n) is 18.3. The molecule has 3 aromatic heterocycles. The number of aliphatic hydroxyl groups is 1. The molecule has 1 fully saturated rings. The SMILES string of the molecule is C=CC(O)N1CCC(c2c(-c3ccc(-n4cc(C)cn4)cc3)c3c(N)ncnc3n2C)C1. The molecule has 2 atom stereocenters. The van der Waals surface area contributed by atoms with Gasteiger partial charge in [-0.1, -0.05) is 18.7 Å². The molecule has 0 radical (unpaired) electrons. The van der Waals surface area contributed by atoms with E-state index in [9.17, 15) is 5.11 Å². The summed E-state index contributed by atoms with van der Waals surface area (Å²) in [4.78, 5) is 10.8. The second-order valence-corrected chi connectivity index (χ2v) is 8.42. The third-order valence-corrected chi connectivity index (χ3v) is 6.37. The molecule has 0 amide bonds. The number of nitrogens with two attached hydrogens (primary N) is 1. The fourth-order valence-electron chi connectivity index (χ4n) is 4.80. The molecule has 1 aromatic carbocycles. The number of hydrogen-bond donors (Lipinski definition) is 2. The van der Waals surface area contributed by atoms with Gasteiger partial charge in [-0.05, 0) is 42.7 Å². The molecule has 2 unspecified atom stereocenters. The normalized spacial score (nSPS) is 17.8. The van der Waals surface area contributed by atoms with E-state index in [0.29, 0.717) is 5.82 Å². The number of aromatic nitrogens is 5. The van der Waals surface area contributed by atoms with Crippen LogP contribution >= 0.6 is 0 Å². The fraction of sp³-hybridized carbons (Fsp3) is 0.292. The van der Waals surface area contributed by atoms with E-state index in [2.05, 4.69) is 50.5 Å². The minimum atomic E-state index is -0.639. The summed E-state index contributed by atoms with van der Waals surface area (Å²) in [7, 11) is 2.03. The fourth-order valence-corrected chi connectivity index (χ4v) is 4.80. The van der Waals surface area contributed by atoms with Crippen LogP contribution in [0.3, 0.4) is 0 Å². The van der Waals surface area contributed by atoms with E-state index in [0.717, 1.165) is 58.6 Å². The van der Waals surface area contributed by atoms with Crippen molar-refractivity contribution in [3.63, 3.8) is 0 Å². The third kappa shape index (κ3) is 3.28. The number of hydrogen-bond acceptors (Lipinski definition) is 6. The lowest BCUT2D eigenvalue weighted by Crippen LogP contribution is -2.31. The van der Waals surface area contributed by atoms with Crippen molar-refractivity contribution in [3.05, 3.63) is 66.9 Å². The quantitative estimate of drug-likeness (QED) is 0.473. The minimum Gasteiger partial charge on any atom is -0.383 e. The number of benzene rings is 1. The van der Waals surface area contributed by atoms with Crippen LogP contribution in [0.2, 0.25) is 0 Å². The summed E-state index contributed by atoms with van der Waals surface area (Å²) < 4.78 is 3.99. The Labute approximate surface area is 186 Å².